The molecule has 1 atom stereocenters. The minimum Gasteiger partial charge on any atom is -0.342 e. The van der Waals surface area contributed by atoms with Crippen molar-refractivity contribution in [3.8, 4) is 0 Å². The standard InChI is InChI=1S/C30H58N2O/c1-5-8-10-12-16-28(17-13-11-9-6-2)29(33)32-25-20-30(21-26-32)18-23-31(24-19-30)22-14-15-27(4)7-3/h27-28H,5-26H2,1-4H3. The zero-order chi connectivity index (χ0) is 23.9. The zero-order valence-electron chi connectivity index (χ0n) is 23.0. The number of piperidine rings is 2. The largest absolute Gasteiger partial charge is 0.342 e. The molecule has 0 aromatic carbocycles. The van der Waals surface area contributed by atoms with Crippen LogP contribution in [-0.4, -0.2) is 48.4 Å². The fourth-order valence-electron chi connectivity index (χ4n) is 6.10. The fourth-order valence-corrected chi connectivity index (χ4v) is 6.10. The monoisotopic (exact) mass is 462 g/mol. The van der Waals surface area contributed by atoms with E-state index in [0.29, 0.717) is 17.2 Å². The van der Waals surface area contributed by atoms with Crippen molar-refractivity contribution in [3.63, 3.8) is 0 Å². The second kappa shape index (κ2) is 16.2. The van der Waals surface area contributed by atoms with Crippen LogP contribution in [0.2, 0.25) is 0 Å². The van der Waals surface area contributed by atoms with Crippen molar-refractivity contribution in [2.45, 2.75) is 137 Å². The van der Waals surface area contributed by atoms with E-state index < -0.39 is 0 Å². The van der Waals surface area contributed by atoms with E-state index in [1.165, 1.54) is 116 Å². The average Bonchev–Trinajstić information content (AvgIpc) is 2.84. The van der Waals surface area contributed by atoms with Gasteiger partial charge in [0.2, 0.25) is 5.91 Å². The third-order valence-electron chi connectivity index (χ3n) is 9.08. The zero-order valence-corrected chi connectivity index (χ0v) is 23.0. The topological polar surface area (TPSA) is 23.6 Å². The molecule has 2 aliphatic rings. The number of carbonyl (C=O) groups excluding carboxylic acids is 1. The molecule has 0 N–H and O–H groups in total. The second-order valence-corrected chi connectivity index (χ2v) is 11.7. The van der Waals surface area contributed by atoms with E-state index in [1.807, 2.05) is 0 Å². The van der Waals surface area contributed by atoms with Crippen molar-refractivity contribution < 1.29 is 4.79 Å². The molecule has 3 heteroatoms. The number of nitrogens with zero attached hydrogens (tertiary/aromatic N) is 2. The summed E-state index contributed by atoms with van der Waals surface area (Å²) in [6, 6.07) is 0. The van der Waals surface area contributed by atoms with Gasteiger partial charge >= 0.3 is 0 Å². The summed E-state index contributed by atoms with van der Waals surface area (Å²) in [4.78, 5) is 18.5. The molecule has 0 aliphatic carbocycles. The molecule has 2 saturated heterocycles. The van der Waals surface area contributed by atoms with Crippen molar-refractivity contribution in [1.82, 2.24) is 9.80 Å². The minimum atomic E-state index is 0.292. The maximum absolute atomic E-state index is 13.5. The van der Waals surface area contributed by atoms with Gasteiger partial charge in [0, 0.05) is 19.0 Å². The highest BCUT2D eigenvalue weighted by atomic mass is 16.2. The lowest BCUT2D eigenvalue weighted by atomic mass is 9.71. The summed E-state index contributed by atoms with van der Waals surface area (Å²) in [5.41, 5.74) is 0.530. The van der Waals surface area contributed by atoms with Gasteiger partial charge in [-0.15, -0.1) is 0 Å². The summed E-state index contributed by atoms with van der Waals surface area (Å²) >= 11 is 0. The Labute approximate surface area is 207 Å². The number of carbonyl (C=O) groups is 1. The second-order valence-electron chi connectivity index (χ2n) is 11.7. The van der Waals surface area contributed by atoms with Crippen molar-refractivity contribution in [2.24, 2.45) is 17.3 Å². The van der Waals surface area contributed by atoms with Gasteiger partial charge in [-0.25, -0.2) is 0 Å². The Morgan fingerprint density at radius 1 is 0.727 bits per heavy atom. The Morgan fingerprint density at radius 3 is 1.79 bits per heavy atom. The summed E-state index contributed by atoms with van der Waals surface area (Å²) in [6.45, 7) is 15.2. The molecule has 2 heterocycles. The van der Waals surface area contributed by atoms with E-state index in [-0.39, 0.29) is 0 Å². The molecule has 3 nitrogen and oxygen atoms in total. The van der Waals surface area contributed by atoms with Crippen LogP contribution >= 0.6 is 0 Å². The number of rotatable bonds is 16. The maximum atomic E-state index is 13.5. The van der Waals surface area contributed by atoms with Gasteiger partial charge in [0.15, 0.2) is 0 Å². The summed E-state index contributed by atoms with van der Waals surface area (Å²) in [5, 5.41) is 0. The lowest BCUT2D eigenvalue weighted by Gasteiger charge is -2.47. The molecule has 2 aliphatic heterocycles. The molecule has 0 saturated carbocycles. The molecule has 0 radical (unpaired) electrons. The number of unbranched alkanes of at least 4 members (excludes halogenated alkanes) is 6. The Kier molecular flexibility index (Phi) is 14.0. The highest BCUT2D eigenvalue weighted by Crippen LogP contribution is 2.41. The van der Waals surface area contributed by atoms with Crippen LogP contribution in [0.25, 0.3) is 0 Å². The lowest BCUT2D eigenvalue weighted by Crippen LogP contribution is -2.49. The molecule has 194 valence electrons. The molecular formula is C30H58N2O. The van der Waals surface area contributed by atoms with Gasteiger partial charge in [-0.3, -0.25) is 4.79 Å². The van der Waals surface area contributed by atoms with Crippen LogP contribution in [0.3, 0.4) is 0 Å². The van der Waals surface area contributed by atoms with E-state index in [2.05, 4.69) is 37.5 Å². The molecule has 0 aromatic heterocycles. The van der Waals surface area contributed by atoms with Gasteiger partial charge in [0.1, 0.15) is 0 Å². The lowest BCUT2D eigenvalue weighted by molar-refractivity contribution is -0.139. The van der Waals surface area contributed by atoms with Crippen LogP contribution in [0.5, 0.6) is 0 Å². The SMILES string of the molecule is CCCCCCC(CCCCCC)C(=O)N1CCC2(CCN(CCCC(C)CC)CC2)CC1. The molecular weight excluding hydrogens is 404 g/mol. The molecule has 33 heavy (non-hydrogen) atoms. The smallest absolute Gasteiger partial charge is 0.225 e. The third-order valence-corrected chi connectivity index (χ3v) is 9.08. The van der Waals surface area contributed by atoms with Crippen molar-refractivity contribution in [3.05, 3.63) is 0 Å². The first kappa shape index (κ1) is 28.7. The first-order chi connectivity index (χ1) is 16.0. The van der Waals surface area contributed by atoms with Gasteiger partial charge in [-0.2, -0.15) is 0 Å². The molecule has 1 unspecified atom stereocenters. The normalized spacial score (nSPS) is 20.0. The summed E-state index contributed by atoms with van der Waals surface area (Å²) in [7, 11) is 0. The average molecular weight is 463 g/mol. The first-order valence-electron chi connectivity index (χ1n) is 15.0. The third kappa shape index (κ3) is 10.3. The number of hydrogen-bond donors (Lipinski definition) is 0. The van der Waals surface area contributed by atoms with E-state index >= 15 is 0 Å². The predicted molar refractivity (Wildman–Crippen MR) is 144 cm³/mol. The molecule has 2 rings (SSSR count). The van der Waals surface area contributed by atoms with E-state index in [0.717, 1.165) is 31.8 Å². The van der Waals surface area contributed by atoms with Crippen LogP contribution in [0.4, 0.5) is 0 Å². The van der Waals surface area contributed by atoms with Gasteiger partial charge in [-0.05, 0) is 82.3 Å². The highest BCUT2D eigenvalue weighted by Gasteiger charge is 2.39. The van der Waals surface area contributed by atoms with Crippen molar-refractivity contribution >= 4 is 5.91 Å². The van der Waals surface area contributed by atoms with Crippen LogP contribution in [0.15, 0.2) is 0 Å². The van der Waals surface area contributed by atoms with Crippen LogP contribution in [0, 0.1) is 17.3 Å². The van der Waals surface area contributed by atoms with Gasteiger partial charge in [0.05, 0.1) is 0 Å². The number of hydrogen-bond acceptors (Lipinski definition) is 2. The Bertz CT molecular complexity index is 489. The summed E-state index contributed by atoms with van der Waals surface area (Å²) < 4.78 is 0. The maximum Gasteiger partial charge on any atom is 0.225 e. The Balaban J connectivity index is 1.75. The Morgan fingerprint density at radius 2 is 1.27 bits per heavy atom. The van der Waals surface area contributed by atoms with Crippen LogP contribution < -0.4 is 0 Å². The first-order valence-corrected chi connectivity index (χ1v) is 15.0. The summed E-state index contributed by atoms with van der Waals surface area (Å²) in [6.07, 6.45) is 21.8. The summed E-state index contributed by atoms with van der Waals surface area (Å²) in [5.74, 6) is 1.67. The van der Waals surface area contributed by atoms with Crippen molar-refractivity contribution in [2.75, 3.05) is 32.7 Å². The minimum absolute atomic E-state index is 0.292. The van der Waals surface area contributed by atoms with Gasteiger partial charge in [0.25, 0.3) is 0 Å². The number of likely N-dealkylation sites (tertiary alicyclic amines) is 2. The highest BCUT2D eigenvalue weighted by molar-refractivity contribution is 5.78. The molecule has 0 bridgehead atoms. The number of amides is 1. The van der Waals surface area contributed by atoms with Crippen LogP contribution in [0.1, 0.15) is 137 Å². The van der Waals surface area contributed by atoms with E-state index in [9.17, 15) is 4.79 Å². The van der Waals surface area contributed by atoms with E-state index in [1.54, 1.807) is 0 Å². The fraction of sp³-hybridized carbons (Fsp3) is 0.967. The van der Waals surface area contributed by atoms with Gasteiger partial charge < -0.3 is 9.80 Å². The predicted octanol–water partition coefficient (Wildman–Crippen LogP) is 8.07. The molecule has 2 fully saturated rings. The molecule has 0 aromatic rings. The Hall–Kier alpha value is -0.570. The van der Waals surface area contributed by atoms with Gasteiger partial charge in [-0.1, -0.05) is 85.5 Å². The van der Waals surface area contributed by atoms with E-state index in [4.69, 9.17) is 0 Å². The molecule has 1 spiro atoms. The van der Waals surface area contributed by atoms with Crippen LogP contribution in [-0.2, 0) is 4.79 Å². The van der Waals surface area contributed by atoms with Crippen molar-refractivity contribution in [1.29, 1.82) is 0 Å². The molecule has 1 amide bonds. The quantitative estimate of drug-likeness (QED) is 0.216.